The molecular formula is C10H15ClN2O2S2. The maximum Gasteiger partial charge on any atom is 0.240 e. The lowest BCUT2D eigenvalue weighted by atomic mass is 10.2. The van der Waals surface area contributed by atoms with Crippen molar-refractivity contribution in [3.05, 3.63) is 23.5 Å². The molecule has 0 atom stereocenters. The van der Waals surface area contributed by atoms with Crippen LogP contribution in [0.5, 0.6) is 0 Å². The third kappa shape index (κ3) is 4.46. The molecule has 0 saturated heterocycles. The molecule has 0 amide bonds. The Balaban J connectivity index is 2.83. The minimum Gasteiger partial charge on any atom is -0.244 e. The summed E-state index contributed by atoms with van der Waals surface area (Å²) in [4.78, 5) is 3.88. The summed E-state index contributed by atoms with van der Waals surface area (Å²) < 4.78 is 26.3. The lowest BCUT2D eigenvalue weighted by Gasteiger charge is -2.22. The molecule has 17 heavy (non-hydrogen) atoms. The molecule has 0 unspecified atom stereocenters. The number of thioether (sulfide) groups is 1. The third-order valence-corrected chi connectivity index (χ3v) is 5.10. The van der Waals surface area contributed by atoms with Crippen molar-refractivity contribution in [2.75, 3.05) is 12.8 Å². The van der Waals surface area contributed by atoms with Crippen molar-refractivity contribution in [2.45, 2.75) is 23.5 Å². The van der Waals surface area contributed by atoms with Gasteiger partial charge in [-0.2, -0.15) is 11.8 Å². The van der Waals surface area contributed by atoms with Gasteiger partial charge in [-0.3, -0.25) is 0 Å². The van der Waals surface area contributed by atoms with Crippen LogP contribution >= 0.6 is 23.4 Å². The predicted molar refractivity (Wildman–Crippen MR) is 72.0 cm³/mol. The first kappa shape index (κ1) is 14.8. The second kappa shape index (κ2) is 5.56. The first-order valence-corrected chi connectivity index (χ1v) is 8.02. The molecule has 1 aromatic rings. The van der Waals surface area contributed by atoms with Gasteiger partial charge in [-0.1, -0.05) is 11.6 Å². The molecule has 1 N–H and O–H groups in total. The van der Waals surface area contributed by atoms with Crippen LogP contribution in [0.2, 0.25) is 5.15 Å². The van der Waals surface area contributed by atoms with E-state index in [1.807, 2.05) is 20.1 Å². The minimum atomic E-state index is -3.51. The number of nitrogens with one attached hydrogen (secondary N) is 1. The number of nitrogens with zero attached hydrogens (tertiary/aromatic N) is 1. The SMILES string of the molecule is CSC(C)(C)CNS(=O)(=O)c1ccnc(Cl)c1. The average Bonchev–Trinajstić information content (AvgIpc) is 2.27. The highest BCUT2D eigenvalue weighted by Gasteiger charge is 2.21. The maximum absolute atomic E-state index is 11.9. The molecule has 0 spiro atoms. The van der Waals surface area contributed by atoms with Gasteiger partial charge in [-0.25, -0.2) is 18.1 Å². The number of rotatable bonds is 5. The van der Waals surface area contributed by atoms with E-state index in [0.717, 1.165) is 0 Å². The predicted octanol–water partition coefficient (Wildman–Crippen LogP) is 2.15. The zero-order valence-electron chi connectivity index (χ0n) is 9.90. The molecular weight excluding hydrogens is 280 g/mol. The average molecular weight is 295 g/mol. The molecule has 0 aliphatic carbocycles. The van der Waals surface area contributed by atoms with E-state index in [1.54, 1.807) is 11.8 Å². The van der Waals surface area contributed by atoms with Crippen LogP contribution in [0, 0.1) is 0 Å². The summed E-state index contributed by atoms with van der Waals surface area (Å²) >= 11 is 7.26. The molecule has 0 bridgehead atoms. The van der Waals surface area contributed by atoms with Crippen molar-refractivity contribution >= 4 is 33.4 Å². The Labute approximate surface area is 111 Å². The topological polar surface area (TPSA) is 59.1 Å². The van der Waals surface area contributed by atoms with Crippen LogP contribution in [-0.2, 0) is 10.0 Å². The molecule has 0 aromatic carbocycles. The van der Waals surface area contributed by atoms with Crippen molar-refractivity contribution in [1.29, 1.82) is 0 Å². The number of sulfonamides is 1. The third-order valence-electron chi connectivity index (χ3n) is 2.25. The monoisotopic (exact) mass is 294 g/mol. The van der Waals surface area contributed by atoms with Gasteiger partial charge in [-0.15, -0.1) is 0 Å². The number of aromatic nitrogens is 1. The van der Waals surface area contributed by atoms with Crippen LogP contribution < -0.4 is 4.72 Å². The van der Waals surface area contributed by atoms with Gasteiger partial charge in [0.05, 0.1) is 4.90 Å². The molecule has 1 heterocycles. The van der Waals surface area contributed by atoms with E-state index in [2.05, 4.69) is 9.71 Å². The van der Waals surface area contributed by atoms with Gasteiger partial charge in [-0.05, 0) is 32.2 Å². The molecule has 96 valence electrons. The Morgan fingerprint density at radius 1 is 1.53 bits per heavy atom. The lowest BCUT2D eigenvalue weighted by molar-refractivity contribution is 0.570. The molecule has 1 rings (SSSR count). The summed E-state index contributed by atoms with van der Waals surface area (Å²) in [6, 6.07) is 2.75. The van der Waals surface area contributed by atoms with E-state index in [0.29, 0.717) is 6.54 Å². The molecule has 4 nitrogen and oxygen atoms in total. The van der Waals surface area contributed by atoms with E-state index in [-0.39, 0.29) is 14.8 Å². The zero-order chi connectivity index (χ0) is 13.1. The molecule has 7 heteroatoms. The molecule has 0 saturated carbocycles. The largest absolute Gasteiger partial charge is 0.244 e. The quantitative estimate of drug-likeness (QED) is 0.846. The Morgan fingerprint density at radius 2 is 2.18 bits per heavy atom. The van der Waals surface area contributed by atoms with Crippen molar-refractivity contribution in [3.8, 4) is 0 Å². The van der Waals surface area contributed by atoms with Crippen molar-refractivity contribution in [1.82, 2.24) is 9.71 Å². The van der Waals surface area contributed by atoms with Crippen LogP contribution in [0.1, 0.15) is 13.8 Å². The Morgan fingerprint density at radius 3 is 2.71 bits per heavy atom. The molecule has 0 radical (unpaired) electrons. The standard InChI is InChI=1S/C10H15ClN2O2S2/c1-10(2,16-3)7-13-17(14,15)8-4-5-12-9(11)6-8/h4-6,13H,7H2,1-3H3. The van der Waals surface area contributed by atoms with E-state index >= 15 is 0 Å². The highest BCUT2D eigenvalue weighted by atomic mass is 35.5. The second-order valence-electron chi connectivity index (χ2n) is 4.10. The Bertz CT molecular complexity index is 489. The maximum atomic E-state index is 11.9. The van der Waals surface area contributed by atoms with Gasteiger partial charge in [0.25, 0.3) is 0 Å². The fraction of sp³-hybridized carbons (Fsp3) is 0.500. The van der Waals surface area contributed by atoms with E-state index in [1.165, 1.54) is 18.3 Å². The summed E-state index contributed by atoms with van der Waals surface area (Å²) in [5.41, 5.74) is 0. The fourth-order valence-corrected chi connectivity index (χ4v) is 2.75. The number of hydrogen-bond acceptors (Lipinski definition) is 4. The molecule has 0 aliphatic rings. The van der Waals surface area contributed by atoms with Crippen molar-refractivity contribution < 1.29 is 8.42 Å². The van der Waals surface area contributed by atoms with Crippen LogP contribution in [0.25, 0.3) is 0 Å². The molecule has 0 fully saturated rings. The highest BCUT2D eigenvalue weighted by Crippen LogP contribution is 2.21. The van der Waals surface area contributed by atoms with Gasteiger partial charge in [0.1, 0.15) is 5.15 Å². The summed E-state index contributed by atoms with van der Waals surface area (Å²) in [5.74, 6) is 0. The van der Waals surface area contributed by atoms with Crippen LogP contribution in [0.3, 0.4) is 0 Å². The Hall–Kier alpha value is -0.300. The summed E-state index contributed by atoms with van der Waals surface area (Å²) in [7, 11) is -3.51. The van der Waals surface area contributed by atoms with Crippen LogP contribution in [0.15, 0.2) is 23.2 Å². The highest BCUT2D eigenvalue weighted by molar-refractivity contribution is 8.00. The molecule has 0 aliphatic heterocycles. The minimum absolute atomic E-state index is 0.134. The number of hydrogen-bond donors (Lipinski definition) is 1. The van der Waals surface area contributed by atoms with Crippen LogP contribution in [-0.4, -0.2) is 30.9 Å². The van der Waals surface area contributed by atoms with Gasteiger partial charge in [0.15, 0.2) is 0 Å². The smallest absolute Gasteiger partial charge is 0.240 e. The number of pyridine rings is 1. The van der Waals surface area contributed by atoms with E-state index < -0.39 is 10.0 Å². The van der Waals surface area contributed by atoms with Gasteiger partial charge in [0.2, 0.25) is 10.0 Å². The fourth-order valence-electron chi connectivity index (χ4n) is 0.976. The van der Waals surface area contributed by atoms with Gasteiger partial charge < -0.3 is 0 Å². The lowest BCUT2D eigenvalue weighted by Crippen LogP contribution is -2.36. The summed E-state index contributed by atoms with van der Waals surface area (Å²) in [6.07, 6.45) is 3.31. The summed E-state index contributed by atoms with van der Waals surface area (Å²) in [6.45, 7) is 4.30. The van der Waals surface area contributed by atoms with E-state index in [4.69, 9.17) is 11.6 Å². The second-order valence-corrected chi connectivity index (χ2v) is 7.77. The van der Waals surface area contributed by atoms with Crippen molar-refractivity contribution in [3.63, 3.8) is 0 Å². The normalized spacial score (nSPS) is 12.7. The molecule has 1 aromatic heterocycles. The first-order valence-electron chi connectivity index (χ1n) is 4.93. The van der Waals surface area contributed by atoms with Crippen molar-refractivity contribution in [2.24, 2.45) is 0 Å². The van der Waals surface area contributed by atoms with Crippen LogP contribution in [0.4, 0.5) is 0 Å². The van der Waals surface area contributed by atoms with Gasteiger partial charge >= 0.3 is 0 Å². The summed E-state index contributed by atoms with van der Waals surface area (Å²) in [5, 5.41) is 0.164. The van der Waals surface area contributed by atoms with E-state index in [9.17, 15) is 8.42 Å². The van der Waals surface area contributed by atoms with Gasteiger partial charge in [0, 0.05) is 17.5 Å². The Kier molecular flexibility index (Phi) is 4.83. The zero-order valence-corrected chi connectivity index (χ0v) is 12.3. The first-order chi connectivity index (χ1) is 7.77. The number of halogens is 1.